The van der Waals surface area contributed by atoms with E-state index in [9.17, 15) is 9.59 Å². The Labute approximate surface area is 144 Å². The number of methoxy groups -OCH3 is 1. The lowest BCUT2D eigenvalue weighted by Crippen LogP contribution is -2.45. The van der Waals surface area contributed by atoms with Crippen LogP contribution in [0.3, 0.4) is 0 Å². The van der Waals surface area contributed by atoms with E-state index >= 15 is 0 Å². The molecule has 0 bridgehead atoms. The van der Waals surface area contributed by atoms with Gasteiger partial charge in [-0.15, -0.1) is 0 Å². The first-order valence-electron chi connectivity index (χ1n) is 7.94. The molecule has 0 spiro atoms. The van der Waals surface area contributed by atoms with Gasteiger partial charge < -0.3 is 14.4 Å². The van der Waals surface area contributed by atoms with Crippen molar-refractivity contribution in [2.24, 2.45) is 0 Å². The molecular formula is C18H28N2O4. The monoisotopic (exact) mass is 336 g/mol. The van der Waals surface area contributed by atoms with E-state index in [4.69, 9.17) is 9.47 Å². The summed E-state index contributed by atoms with van der Waals surface area (Å²) in [6, 6.07) is 7.63. The molecular weight excluding hydrogens is 308 g/mol. The molecule has 0 aliphatic carbocycles. The van der Waals surface area contributed by atoms with E-state index in [1.165, 1.54) is 9.80 Å². The number of hydrogen-bond donors (Lipinski definition) is 0. The summed E-state index contributed by atoms with van der Waals surface area (Å²) in [5.74, 6) is -0.194. The molecule has 134 valence electrons. The molecule has 1 aromatic carbocycles. The molecule has 0 unspecified atom stereocenters. The maximum absolute atomic E-state index is 12.5. The van der Waals surface area contributed by atoms with E-state index in [0.29, 0.717) is 13.2 Å². The maximum atomic E-state index is 12.5. The lowest BCUT2D eigenvalue weighted by molar-refractivity contribution is -0.119. The summed E-state index contributed by atoms with van der Waals surface area (Å²) in [6.45, 7) is 7.92. The molecule has 0 radical (unpaired) electrons. The van der Waals surface area contributed by atoms with Crippen LogP contribution in [-0.2, 0) is 14.3 Å². The highest BCUT2D eigenvalue weighted by atomic mass is 16.6. The molecule has 0 aromatic heterocycles. The van der Waals surface area contributed by atoms with Crippen LogP contribution in [-0.4, -0.2) is 56.4 Å². The number of nitrogens with zero attached hydrogens (tertiary/aromatic N) is 2. The minimum Gasteiger partial charge on any atom is -0.444 e. The van der Waals surface area contributed by atoms with Gasteiger partial charge in [-0.3, -0.25) is 9.69 Å². The second-order valence-corrected chi connectivity index (χ2v) is 6.68. The van der Waals surface area contributed by atoms with Gasteiger partial charge in [0.25, 0.3) is 0 Å². The first-order valence-corrected chi connectivity index (χ1v) is 7.94. The predicted molar refractivity (Wildman–Crippen MR) is 94.3 cm³/mol. The zero-order chi connectivity index (χ0) is 18.3. The molecule has 24 heavy (non-hydrogen) atoms. The summed E-state index contributed by atoms with van der Waals surface area (Å²) in [5, 5.41) is 0. The highest BCUT2D eigenvalue weighted by Crippen LogP contribution is 2.15. The van der Waals surface area contributed by atoms with E-state index in [1.807, 2.05) is 31.2 Å². The number of rotatable bonds is 6. The van der Waals surface area contributed by atoms with E-state index in [1.54, 1.807) is 34.9 Å². The van der Waals surface area contributed by atoms with Crippen molar-refractivity contribution >= 4 is 17.7 Å². The smallest absolute Gasteiger partial charge is 0.410 e. The minimum absolute atomic E-state index is 0.0668. The fraction of sp³-hybridized carbons (Fsp3) is 0.556. The van der Waals surface area contributed by atoms with E-state index < -0.39 is 11.7 Å². The van der Waals surface area contributed by atoms with E-state index in [0.717, 1.165) is 11.3 Å². The highest BCUT2D eigenvalue weighted by Gasteiger charge is 2.25. The normalized spacial score (nSPS) is 11.1. The van der Waals surface area contributed by atoms with Crippen molar-refractivity contribution in [1.82, 2.24) is 4.90 Å². The third-order valence-corrected chi connectivity index (χ3v) is 3.34. The third-order valence-electron chi connectivity index (χ3n) is 3.34. The molecule has 6 nitrogen and oxygen atoms in total. The third kappa shape index (κ3) is 6.58. The number of aryl methyl sites for hydroxylation is 1. The molecule has 0 fully saturated rings. The molecule has 0 N–H and O–H groups in total. The van der Waals surface area contributed by atoms with Crippen LogP contribution in [0.25, 0.3) is 0 Å². The molecule has 0 aliphatic rings. The molecule has 0 atom stereocenters. The Morgan fingerprint density at radius 2 is 1.71 bits per heavy atom. The lowest BCUT2D eigenvalue weighted by Gasteiger charge is -2.28. The van der Waals surface area contributed by atoms with Crippen molar-refractivity contribution in [3.63, 3.8) is 0 Å². The van der Waals surface area contributed by atoms with Gasteiger partial charge in [0.2, 0.25) is 5.91 Å². The second kappa shape index (κ2) is 8.68. The summed E-state index contributed by atoms with van der Waals surface area (Å²) in [4.78, 5) is 27.7. The zero-order valence-corrected chi connectivity index (χ0v) is 15.5. The number of benzene rings is 1. The number of hydrogen-bond acceptors (Lipinski definition) is 4. The molecule has 0 heterocycles. The Hall–Kier alpha value is -2.08. The molecule has 0 aliphatic heterocycles. The Morgan fingerprint density at radius 1 is 1.12 bits per heavy atom. The summed E-state index contributed by atoms with van der Waals surface area (Å²) >= 11 is 0. The molecule has 0 saturated heterocycles. The Kier molecular flexibility index (Phi) is 7.22. The van der Waals surface area contributed by atoms with Crippen molar-refractivity contribution in [3.8, 4) is 0 Å². The lowest BCUT2D eigenvalue weighted by atomic mass is 10.2. The van der Waals surface area contributed by atoms with Gasteiger partial charge in [0, 0.05) is 26.4 Å². The summed E-state index contributed by atoms with van der Waals surface area (Å²) < 4.78 is 10.4. The van der Waals surface area contributed by atoms with Crippen LogP contribution in [0.1, 0.15) is 26.3 Å². The van der Waals surface area contributed by atoms with Gasteiger partial charge in [-0.05, 0) is 39.8 Å². The standard InChI is InChI=1S/C18H28N2O4/c1-14-7-9-15(10-8-14)19(5)16(21)13-20(11-12-23-6)17(22)24-18(2,3)4/h7-10H,11-13H2,1-6H3. The van der Waals surface area contributed by atoms with Crippen LogP contribution >= 0.6 is 0 Å². The van der Waals surface area contributed by atoms with Gasteiger partial charge in [0.15, 0.2) is 0 Å². The van der Waals surface area contributed by atoms with Crippen LogP contribution in [0.15, 0.2) is 24.3 Å². The fourth-order valence-corrected chi connectivity index (χ4v) is 1.94. The maximum Gasteiger partial charge on any atom is 0.410 e. The number of carbonyl (C=O) groups excluding carboxylic acids is 2. The largest absolute Gasteiger partial charge is 0.444 e. The van der Waals surface area contributed by atoms with E-state index in [-0.39, 0.29) is 12.5 Å². The van der Waals surface area contributed by atoms with Crippen molar-refractivity contribution in [2.45, 2.75) is 33.3 Å². The molecule has 0 saturated carbocycles. The number of ether oxygens (including phenoxy) is 2. The van der Waals surface area contributed by atoms with Crippen molar-refractivity contribution in [3.05, 3.63) is 29.8 Å². The van der Waals surface area contributed by atoms with Crippen LogP contribution < -0.4 is 4.90 Å². The van der Waals surface area contributed by atoms with Gasteiger partial charge in [0.05, 0.1) is 6.61 Å². The predicted octanol–water partition coefficient (Wildman–Crippen LogP) is 2.84. The number of anilines is 1. The first-order chi connectivity index (χ1) is 11.1. The topological polar surface area (TPSA) is 59.1 Å². The van der Waals surface area contributed by atoms with Crippen LogP contribution in [0.5, 0.6) is 0 Å². The van der Waals surface area contributed by atoms with Crippen LogP contribution in [0, 0.1) is 6.92 Å². The van der Waals surface area contributed by atoms with E-state index in [2.05, 4.69) is 0 Å². The Balaban J connectivity index is 2.78. The van der Waals surface area contributed by atoms with Gasteiger partial charge in [0.1, 0.15) is 12.1 Å². The quantitative estimate of drug-likeness (QED) is 0.801. The van der Waals surface area contributed by atoms with Gasteiger partial charge in [-0.2, -0.15) is 0 Å². The minimum atomic E-state index is -0.617. The second-order valence-electron chi connectivity index (χ2n) is 6.68. The zero-order valence-electron chi connectivity index (χ0n) is 15.5. The molecule has 1 rings (SSSR count). The van der Waals surface area contributed by atoms with Crippen LogP contribution in [0.4, 0.5) is 10.5 Å². The summed E-state index contributed by atoms with van der Waals surface area (Å²) in [6.07, 6.45) is -0.523. The van der Waals surface area contributed by atoms with Gasteiger partial charge in [-0.1, -0.05) is 17.7 Å². The average Bonchev–Trinajstić information content (AvgIpc) is 2.49. The summed E-state index contributed by atoms with van der Waals surface area (Å²) in [5.41, 5.74) is 1.28. The van der Waals surface area contributed by atoms with Gasteiger partial charge in [-0.25, -0.2) is 4.79 Å². The number of carbonyl (C=O) groups is 2. The number of likely N-dealkylation sites (N-methyl/N-ethyl adjacent to an activating group) is 1. The van der Waals surface area contributed by atoms with Crippen molar-refractivity contribution in [1.29, 1.82) is 0 Å². The number of amides is 2. The molecule has 1 aromatic rings. The fourth-order valence-electron chi connectivity index (χ4n) is 1.94. The Morgan fingerprint density at radius 3 is 2.21 bits per heavy atom. The molecule has 2 amide bonds. The molecule has 6 heteroatoms. The van der Waals surface area contributed by atoms with Crippen molar-refractivity contribution in [2.75, 3.05) is 38.8 Å². The van der Waals surface area contributed by atoms with Gasteiger partial charge >= 0.3 is 6.09 Å². The highest BCUT2D eigenvalue weighted by molar-refractivity contribution is 5.95. The SMILES string of the molecule is COCCN(CC(=O)N(C)c1ccc(C)cc1)C(=O)OC(C)(C)C. The van der Waals surface area contributed by atoms with Crippen LogP contribution in [0.2, 0.25) is 0 Å². The Bertz CT molecular complexity index is 549. The van der Waals surface area contributed by atoms with Crippen molar-refractivity contribution < 1.29 is 19.1 Å². The first kappa shape index (κ1) is 20.0. The summed E-state index contributed by atoms with van der Waals surface area (Å²) in [7, 11) is 3.24. The average molecular weight is 336 g/mol.